The molecule has 0 spiro atoms. The van der Waals surface area contributed by atoms with Crippen LogP contribution in [-0.4, -0.2) is 129 Å². The summed E-state index contributed by atoms with van der Waals surface area (Å²) < 4.78 is 17.3. The van der Waals surface area contributed by atoms with Gasteiger partial charge in [0, 0.05) is 48.0 Å². The number of aliphatic hydroxyl groups excluding tert-OH is 2. The number of carbonyl (C=O) groups is 4. The highest BCUT2D eigenvalue weighted by molar-refractivity contribution is 5.98. The predicted molar refractivity (Wildman–Crippen MR) is 229 cm³/mol. The topological polar surface area (TPSA) is 184 Å². The number of aromatic nitrogens is 2. The molecule has 3 aliphatic rings. The lowest BCUT2D eigenvalue weighted by molar-refractivity contribution is -0.138. The zero-order valence-corrected chi connectivity index (χ0v) is 35.6. The number of benzene rings is 2. The zero-order valence-electron chi connectivity index (χ0n) is 35.6. The molecule has 4 amide bonds. The molecule has 2 fully saturated rings. The number of rotatable bonds is 15. The highest BCUT2D eigenvalue weighted by Crippen LogP contribution is 2.43. The van der Waals surface area contributed by atoms with Gasteiger partial charge in [0.1, 0.15) is 17.9 Å². The van der Waals surface area contributed by atoms with Gasteiger partial charge in [0.25, 0.3) is 0 Å². The molecule has 0 bridgehead atoms. The molecule has 324 valence electrons. The number of halogens is 1. The van der Waals surface area contributed by atoms with E-state index in [1.807, 2.05) is 13.8 Å². The third kappa shape index (κ3) is 8.28. The Morgan fingerprint density at radius 2 is 1.38 bits per heavy atom. The summed E-state index contributed by atoms with van der Waals surface area (Å²) in [6.07, 6.45) is 2.52. The van der Waals surface area contributed by atoms with Gasteiger partial charge >= 0.3 is 0 Å². The molecule has 2 saturated heterocycles. The fraction of sp³-hybridized carbons (Fsp3) is 0.556. The van der Waals surface area contributed by atoms with Crippen LogP contribution in [0.25, 0.3) is 33.2 Å². The van der Waals surface area contributed by atoms with Gasteiger partial charge in [0.05, 0.1) is 41.2 Å². The van der Waals surface area contributed by atoms with Crippen LogP contribution in [0.2, 0.25) is 0 Å². The van der Waals surface area contributed by atoms with E-state index in [1.54, 1.807) is 43.8 Å². The summed E-state index contributed by atoms with van der Waals surface area (Å²) in [6, 6.07) is 7.68. The van der Waals surface area contributed by atoms with Crippen molar-refractivity contribution < 1.29 is 33.8 Å². The Labute approximate surface area is 350 Å². The first-order valence-corrected chi connectivity index (χ1v) is 21.6. The fourth-order valence-electron chi connectivity index (χ4n) is 9.66. The standard InChI is InChI=1S/C45H61FN8O6/c1-7-36(50-42(57)24(3)47-5)44(59)53-22-30(55)18-28(53)20-34-32-15-14-27(46)17-38(32)49-39(34)41-35(33-13-9-11-26-12-10-16-52(41)40(26)33)21-29-19-31(56)23-54(29)45(60)37(8-2)51-43(58)25(4)48-6/h9,11,13-15,17,24-25,28-31,36-37,47-49,55-56H,7-8,10,12,16,18-23H2,1-6H3,(H,50,57)(H,51,58). The quantitative estimate of drug-likeness (QED) is 0.0955. The van der Waals surface area contributed by atoms with E-state index in [4.69, 9.17) is 0 Å². The number of β-amino-alcohol motifs (C(OH)–C–C–N with tert-alkyl or cyclic N) is 2. The number of hydrogen-bond acceptors (Lipinski definition) is 8. The summed E-state index contributed by atoms with van der Waals surface area (Å²) in [7, 11) is 3.37. The Morgan fingerprint density at radius 3 is 1.93 bits per heavy atom. The normalized spacial score (nSPS) is 22.3. The first-order valence-electron chi connectivity index (χ1n) is 21.6. The van der Waals surface area contributed by atoms with Gasteiger partial charge in [-0.2, -0.15) is 0 Å². The van der Waals surface area contributed by atoms with Crippen LogP contribution in [0.3, 0.4) is 0 Å². The predicted octanol–water partition coefficient (Wildman–Crippen LogP) is 2.89. The number of H-pyrrole nitrogens is 1. The minimum atomic E-state index is -0.775. The van der Waals surface area contributed by atoms with Gasteiger partial charge in [-0.3, -0.25) is 19.2 Å². The van der Waals surface area contributed by atoms with Crippen molar-refractivity contribution in [1.82, 2.24) is 40.6 Å². The van der Waals surface area contributed by atoms with E-state index in [0.29, 0.717) is 44.0 Å². The maximum atomic E-state index is 15.0. The number of hydrogen-bond donors (Lipinski definition) is 7. The molecule has 7 N–H and O–H groups in total. The summed E-state index contributed by atoms with van der Waals surface area (Å²) in [5, 5.41) is 35.7. The minimum Gasteiger partial charge on any atom is -0.391 e. The van der Waals surface area contributed by atoms with E-state index < -0.39 is 48.2 Å². The highest BCUT2D eigenvalue weighted by atomic mass is 19.1. The van der Waals surface area contributed by atoms with Gasteiger partial charge in [0.2, 0.25) is 23.6 Å². The lowest BCUT2D eigenvalue weighted by Gasteiger charge is -2.30. The van der Waals surface area contributed by atoms with Gasteiger partial charge < -0.3 is 50.8 Å². The van der Waals surface area contributed by atoms with Gasteiger partial charge in [-0.1, -0.05) is 32.0 Å². The number of para-hydroxylation sites is 1. The molecule has 3 aliphatic heterocycles. The van der Waals surface area contributed by atoms with Crippen LogP contribution in [0, 0.1) is 5.82 Å². The summed E-state index contributed by atoms with van der Waals surface area (Å²) in [6.45, 7) is 8.17. The van der Waals surface area contributed by atoms with E-state index in [2.05, 4.69) is 49.0 Å². The molecule has 5 heterocycles. The summed E-state index contributed by atoms with van der Waals surface area (Å²) >= 11 is 0. The van der Waals surface area contributed by atoms with Crippen LogP contribution < -0.4 is 21.3 Å². The number of aliphatic hydroxyl groups is 2. The number of nitrogens with zero attached hydrogens (tertiary/aromatic N) is 3. The molecule has 7 rings (SSSR count). The number of carbonyl (C=O) groups excluding carboxylic acids is 4. The lowest BCUT2D eigenvalue weighted by Crippen LogP contribution is -2.53. The summed E-state index contributed by atoms with van der Waals surface area (Å²) in [5.41, 5.74) is 6.47. The van der Waals surface area contributed by atoms with Crippen molar-refractivity contribution >= 4 is 45.4 Å². The summed E-state index contributed by atoms with van der Waals surface area (Å²) in [4.78, 5) is 61.3. The highest BCUT2D eigenvalue weighted by Gasteiger charge is 2.41. The first kappa shape index (κ1) is 43.3. The summed E-state index contributed by atoms with van der Waals surface area (Å²) in [5.74, 6) is -1.46. The van der Waals surface area contributed by atoms with E-state index in [1.165, 1.54) is 17.7 Å². The molecule has 8 atom stereocenters. The van der Waals surface area contributed by atoms with Crippen molar-refractivity contribution in [2.75, 3.05) is 27.2 Å². The molecule has 15 heteroatoms. The van der Waals surface area contributed by atoms with E-state index in [0.717, 1.165) is 58.2 Å². The van der Waals surface area contributed by atoms with Crippen LogP contribution in [0.5, 0.6) is 0 Å². The smallest absolute Gasteiger partial charge is 0.245 e. The SMILES string of the molecule is CCC(NC(=O)C(C)NC)C(=O)N1CC(O)CC1Cc1c(-c2c(CC3CC(O)CN3C(=O)C(CC)NC(=O)C(C)NC)c3cccc4c3n2CCC4)[nH]c2cc(F)ccc12. The van der Waals surface area contributed by atoms with E-state index in [-0.39, 0.29) is 42.8 Å². The molecule has 0 radical (unpaired) electrons. The molecule has 4 aromatic rings. The number of aryl methyl sites for hydroxylation is 2. The molecule has 0 aliphatic carbocycles. The number of likely N-dealkylation sites (tertiary alicyclic amines) is 2. The average Bonchev–Trinajstić information content (AvgIpc) is 3.99. The molecular formula is C45H61FN8O6. The fourth-order valence-corrected chi connectivity index (χ4v) is 9.66. The average molecular weight is 829 g/mol. The Hall–Kier alpha value is -4.83. The number of nitrogens with one attached hydrogen (secondary N) is 5. The maximum Gasteiger partial charge on any atom is 0.245 e. The Morgan fingerprint density at radius 1 is 0.817 bits per heavy atom. The van der Waals surface area contributed by atoms with Crippen LogP contribution >= 0.6 is 0 Å². The van der Waals surface area contributed by atoms with Crippen LogP contribution in [-0.2, 0) is 45.0 Å². The number of fused-ring (bicyclic) bond motifs is 1. The molecule has 8 unspecified atom stereocenters. The number of aromatic amines is 1. The van der Waals surface area contributed by atoms with Crippen molar-refractivity contribution in [3.8, 4) is 11.4 Å². The van der Waals surface area contributed by atoms with Crippen molar-refractivity contribution in [2.45, 2.75) is 134 Å². The van der Waals surface area contributed by atoms with Crippen LogP contribution in [0.4, 0.5) is 4.39 Å². The lowest BCUT2D eigenvalue weighted by atomic mass is 9.94. The molecule has 60 heavy (non-hydrogen) atoms. The number of likely N-dealkylation sites (N-methyl/N-ethyl adjacent to an activating group) is 2. The van der Waals surface area contributed by atoms with Crippen LogP contribution in [0.15, 0.2) is 36.4 Å². The molecule has 2 aromatic carbocycles. The van der Waals surface area contributed by atoms with Gasteiger partial charge in [-0.15, -0.1) is 0 Å². The second-order valence-corrected chi connectivity index (χ2v) is 17.0. The van der Waals surface area contributed by atoms with E-state index in [9.17, 15) is 33.8 Å². The molecule has 0 saturated carbocycles. The van der Waals surface area contributed by atoms with Crippen LogP contribution in [0.1, 0.15) is 76.5 Å². The molecule has 2 aromatic heterocycles. The van der Waals surface area contributed by atoms with Crippen molar-refractivity contribution in [2.24, 2.45) is 0 Å². The van der Waals surface area contributed by atoms with Crippen molar-refractivity contribution in [3.05, 3.63) is 58.9 Å². The largest absolute Gasteiger partial charge is 0.391 e. The van der Waals surface area contributed by atoms with Gasteiger partial charge in [-0.05, 0) is 114 Å². The van der Waals surface area contributed by atoms with Crippen molar-refractivity contribution in [3.63, 3.8) is 0 Å². The molecule has 14 nitrogen and oxygen atoms in total. The minimum absolute atomic E-state index is 0.125. The Balaban J connectivity index is 1.31. The van der Waals surface area contributed by atoms with Gasteiger partial charge in [-0.25, -0.2) is 4.39 Å². The Bertz CT molecular complexity index is 2250. The second-order valence-electron chi connectivity index (χ2n) is 17.0. The zero-order chi connectivity index (χ0) is 43.0. The Kier molecular flexibility index (Phi) is 13.0. The second kappa shape index (κ2) is 18.0. The van der Waals surface area contributed by atoms with E-state index >= 15 is 0 Å². The van der Waals surface area contributed by atoms with Crippen molar-refractivity contribution in [1.29, 1.82) is 0 Å². The third-order valence-electron chi connectivity index (χ3n) is 13.1. The monoisotopic (exact) mass is 828 g/mol. The third-order valence-corrected chi connectivity index (χ3v) is 13.1. The number of amides is 4. The molecular weight excluding hydrogens is 768 g/mol. The van der Waals surface area contributed by atoms with Gasteiger partial charge in [0.15, 0.2) is 0 Å². The maximum absolute atomic E-state index is 15.0. The first-order chi connectivity index (χ1) is 28.8.